The fourth-order valence-electron chi connectivity index (χ4n) is 3.42. The number of hydrogen-bond acceptors (Lipinski definition) is 2. The molecule has 1 aliphatic carbocycles. The highest BCUT2D eigenvalue weighted by atomic mass is 16.1. The summed E-state index contributed by atoms with van der Waals surface area (Å²) in [6.07, 6.45) is 10.7. The van der Waals surface area contributed by atoms with Crippen LogP contribution in [-0.4, -0.2) is 21.3 Å². The smallest absolute Gasteiger partial charge is 0.220 e. The van der Waals surface area contributed by atoms with Gasteiger partial charge in [0.2, 0.25) is 5.91 Å². The van der Waals surface area contributed by atoms with Crippen LogP contribution in [0.1, 0.15) is 56.3 Å². The second-order valence-corrected chi connectivity index (χ2v) is 6.33. The summed E-state index contributed by atoms with van der Waals surface area (Å²) in [5.41, 5.74) is 3.12. The number of aryl methyl sites for hydroxylation is 2. The lowest BCUT2D eigenvalue weighted by Crippen LogP contribution is -2.34. The van der Waals surface area contributed by atoms with Gasteiger partial charge in [0.05, 0.1) is 5.69 Å². The quantitative estimate of drug-likeness (QED) is 0.879. The number of rotatable bonds is 4. The molecule has 22 heavy (non-hydrogen) atoms. The van der Waals surface area contributed by atoms with E-state index in [4.69, 9.17) is 0 Å². The molecule has 0 saturated heterocycles. The molecule has 0 spiro atoms. The van der Waals surface area contributed by atoms with Crippen LogP contribution in [0.25, 0.3) is 5.65 Å². The summed E-state index contributed by atoms with van der Waals surface area (Å²) in [4.78, 5) is 16.8. The molecular weight excluding hydrogens is 274 g/mol. The second-order valence-electron chi connectivity index (χ2n) is 6.33. The van der Waals surface area contributed by atoms with E-state index in [1.165, 1.54) is 25.7 Å². The van der Waals surface area contributed by atoms with Gasteiger partial charge in [-0.25, -0.2) is 4.98 Å². The van der Waals surface area contributed by atoms with Crippen LogP contribution in [0.2, 0.25) is 0 Å². The minimum absolute atomic E-state index is 0.178. The molecule has 0 aliphatic heterocycles. The predicted molar refractivity (Wildman–Crippen MR) is 87.9 cm³/mol. The largest absolute Gasteiger partial charge is 0.353 e. The molecule has 1 amide bonds. The number of nitrogens with one attached hydrogen (secondary N) is 1. The molecule has 1 N–H and O–H groups in total. The van der Waals surface area contributed by atoms with Crippen LogP contribution in [0.3, 0.4) is 0 Å². The molecule has 2 aromatic heterocycles. The van der Waals surface area contributed by atoms with Gasteiger partial charge in [0.1, 0.15) is 5.65 Å². The van der Waals surface area contributed by atoms with Gasteiger partial charge in [-0.3, -0.25) is 4.79 Å². The monoisotopic (exact) mass is 299 g/mol. The summed E-state index contributed by atoms with van der Waals surface area (Å²) in [5, 5.41) is 3.22. The second kappa shape index (κ2) is 6.95. The molecule has 0 aromatic carbocycles. The van der Waals surface area contributed by atoms with E-state index >= 15 is 0 Å². The molecule has 1 saturated carbocycles. The van der Waals surface area contributed by atoms with Crippen molar-refractivity contribution in [2.45, 2.75) is 64.3 Å². The third kappa shape index (κ3) is 3.49. The van der Waals surface area contributed by atoms with Gasteiger partial charge in [-0.2, -0.15) is 0 Å². The number of nitrogens with zero attached hydrogens (tertiary/aromatic N) is 2. The highest BCUT2D eigenvalue weighted by molar-refractivity contribution is 5.76. The molecule has 3 rings (SSSR count). The fourth-order valence-corrected chi connectivity index (χ4v) is 3.42. The normalized spacial score (nSPS) is 16.6. The number of hydrogen-bond donors (Lipinski definition) is 1. The molecule has 4 nitrogen and oxygen atoms in total. The topological polar surface area (TPSA) is 46.4 Å². The molecule has 1 aliphatic rings. The molecule has 0 atom stereocenters. The van der Waals surface area contributed by atoms with Crippen molar-refractivity contribution in [2.75, 3.05) is 0 Å². The lowest BCUT2D eigenvalue weighted by molar-refractivity contribution is -0.121. The standard InChI is InChI=1S/C18H25N3O/c1-14-16(21-13-7-6-10-17(21)19-14)11-12-18(22)20-15-8-4-2-3-5-9-15/h6-7,10,13,15H,2-5,8-9,11-12H2,1H3,(H,20,22). The molecule has 0 radical (unpaired) electrons. The molecule has 0 bridgehead atoms. The number of carbonyl (C=O) groups excluding carboxylic acids is 1. The van der Waals surface area contributed by atoms with Gasteiger partial charge >= 0.3 is 0 Å². The maximum atomic E-state index is 12.2. The number of aromatic nitrogens is 2. The van der Waals surface area contributed by atoms with Gasteiger partial charge in [0.25, 0.3) is 0 Å². The van der Waals surface area contributed by atoms with E-state index in [-0.39, 0.29) is 5.91 Å². The minimum Gasteiger partial charge on any atom is -0.353 e. The molecule has 1 fully saturated rings. The van der Waals surface area contributed by atoms with E-state index in [0.717, 1.165) is 36.3 Å². The van der Waals surface area contributed by atoms with Crippen molar-refractivity contribution in [1.29, 1.82) is 0 Å². The number of amides is 1. The summed E-state index contributed by atoms with van der Waals surface area (Å²) < 4.78 is 2.09. The van der Waals surface area contributed by atoms with Gasteiger partial charge in [-0.15, -0.1) is 0 Å². The van der Waals surface area contributed by atoms with Gasteiger partial charge < -0.3 is 9.72 Å². The van der Waals surface area contributed by atoms with Crippen molar-refractivity contribution in [3.8, 4) is 0 Å². The Bertz CT molecular complexity index is 639. The Morgan fingerprint density at radius 2 is 2.05 bits per heavy atom. The Morgan fingerprint density at radius 3 is 2.82 bits per heavy atom. The predicted octanol–water partition coefficient (Wildman–Crippen LogP) is 3.41. The maximum Gasteiger partial charge on any atom is 0.220 e. The molecule has 0 unspecified atom stereocenters. The van der Waals surface area contributed by atoms with Crippen LogP contribution in [0.4, 0.5) is 0 Å². The molecule has 2 heterocycles. The molecule has 2 aromatic rings. The van der Waals surface area contributed by atoms with E-state index in [1.807, 2.05) is 31.3 Å². The van der Waals surface area contributed by atoms with Gasteiger partial charge in [-0.1, -0.05) is 31.7 Å². The zero-order valence-corrected chi connectivity index (χ0v) is 13.3. The van der Waals surface area contributed by atoms with Crippen LogP contribution in [0.15, 0.2) is 24.4 Å². The molecular formula is C18H25N3O. The zero-order chi connectivity index (χ0) is 15.4. The molecule has 4 heteroatoms. The van der Waals surface area contributed by atoms with Crippen molar-refractivity contribution in [1.82, 2.24) is 14.7 Å². The van der Waals surface area contributed by atoms with E-state index in [1.54, 1.807) is 0 Å². The van der Waals surface area contributed by atoms with Gasteiger partial charge in [0.15, 0.2) is 0 Å². The summed E-state index contributed by atoms with van der Waals surface area (Å²) in [5.74, 6) is 0.178. The lowest BCUT2D eigenvalue weighted by atomic mass is 10.1. The average molecular weight is 299 g/mol. The third-order valence-corrected chi connectivity index (χ3v) is 4.64. The van der Waals surface area contributed by atoms with Crippen LogP contribution >= 0.6 is 0 Å². The van der Waals surface area contributed by atoms with Crippen LogP contribution < -0.4 is 5.32 Å². The van der Waals surface area contributed by atoms with Gasteiger partial charge in [-0.05, 0) is 38.3 Å². The highest BCUT2D eigenvalue weighted by Gasteiger charge is 2.15. The first-order valence-electron chi connectivity index (χ1n) is 8.46. The van der Waals surface area contributed by atoms with E-state index in [0.29, 0.717) is 12.5 Å². The number of carbonyl (C=O) groups is 1. The maximum absolute atomic E-state index is 12.2. The first-order chi connectivity index (χ1) is 10.7. The van der Waals surface area contributed by atoms with E-state index in [9.17, 15) is 4.79 Å². The first-order valence-corrected chi connectivity index (χ1v) is 8.46. The Morgan fingerprint density at radius 1 is 1.27 bits per heavy atom. The van der Waals surface area contributed by atoms with E-state index in [2.05, 4.69) is 14.7 Å². The van der Waals surface area contributed by atoms with Crippen molar-refractivity contribution in [3.63, 3.8) is 0 Å². The zero-order valence-electron chi connectivity index (χ0n) is 13.3. The van der Waals surface area contributed by atoms with Crippen molar-refractivity contribution in [2.24, 2.45) is 0 Å². The number of fused-ring (bicyclic) bond motifs is 1. The van der Waals surface area contributed by atoms with Crippen molar-refractivity contribution >= 4 is 11.6 Å². The minimum atomic E-state index is 0.178. The number of imidazole rings is 1. The Hall–Kier alpha value is -1.84. The summed E-state index contributed by atoms with van der Waals surface area (Å²) in [7, 11) is 0. The van der Waals surface area contributed by atoms with Crippen LogP contribution in [-0.2, 0) is 11.2 Å². The van der Waals surface area contributed by atoms with Gasteiger partial charge in [0, 0.05) is 24.4 Å². The Kier molecular flexibility index (Phi) is 4.76. The Labute approximate surface area is 131 Å². The molecule has 118 valence electrons. The van der Waals surface area contributed by atoms with Crippen molar-refractivity contribution < 1.29 is 4.79 Å². The number of pyridine rings is 1. The summed E-state index contributed by atoms with van der Waals surface area (Å²) >= 11 is 0. The SMILES string of the molecule is Cc1nc2ccccn2c1CCC(=O)NC1CCCCCC1. The average Bonchev–Trinajstić information content (AvgIpc) is 2.67. The van der Waals surface area contributed by atoms with E-state index < -0.39 is 0 Å². The third-order valence-electron chi connectivity index (χ3n) is 4.64. The van der Waals surface area contributed by atoms with Crippen molar-refractivity contribution in [3.05, 3.63) is 35.8 Å². The summed E-state index contributed by atoms with van der Waals surface area (Å²) in [6.45, 7) is 2.02. The van der Waals surface area contributed by atoms with Crippen LogP contribution in [0, 0.1) is 6.92 Å². The van der Waals surface area contributed by atoms with Crippen LogP contribution in [0.5, 0.6) is 0 Å². The summed E-state index contributed by atoms with van der Waals surface area (Å²) in [6, 6.07) is 6.38. The highest BCUT2D eigenvalue weighted by Crippen LogP contribution is 2.18. The lowest BCUT2D eigenvalue weighted by Gasteiger charge is -2.16. The fraction of sp³-hybridized carbons (Fsp3) is 0.556. The first kappa shape index (κ1) is 15.1. The Balaban J connectivity index is 1.59.